The molecule has 8 rings (SSSR count). The van der Waals surface area contributed by atoms with Crippen molar-refractivity contribution in [1.29, 1.82) is 0 Å². The second-order valence-electron chi connectivity index (χ2n) is 10.2. The van der Waals surface area contributed by atoms with E-state index in [-0.39, 0.29) is 0 Å². The number of fused-ring (bicyclic) bond motifs is 4. The summed E-state index contributed by atoms with van der Waals surface area (Å²) in [6, 6.07) is 47.7. The van der Waals surface area contributed by atoms with Crippen LogP contribution in [0, 0.1) is 0 Å². The number of rotatable bonds is 3. The fourth-order valence-corrected chi connectivity index (χ4v) is 6.12. The van der Waals surface area contributed by atoms with Crippen molar-refractivity contribution in [2.45, 2.75) is 0 Å². The largest absolute Gasteiger partial charge is 0.255 e. The lowest BCUT2D eigenvalue weighted by Crippen LogP contribution is -1.93. The van der Waals surface area contributed by atoms with E-state index >= 15 is 0 Å². The van der Waals surface area contributed by atoms with Crippen molar-refractivity contribution in [1.82, 2.24) is 9.97 Å². The molecule has 0 aliphatic carbocycles. The Morgan fingerprint density at radius 1 is 0.400 bits per heavy atom. The molecule has 0 radical (unpaired) electrons. The molecule has 2 nitrogen and oxygen atoms in total. The highest BCUT2D eigenvalue weighted by molar-refractivity contribution is 6.25. The average Bonchev–Trinajstić information content (AvgIpc) is 3.03. The summed E-state index contributed by atoms with van der Waals surface area (Å²) in [6.45, 7) is 0. The second-order valence-corrected chi connectivity index (χ2v) is 10.2. The van der Waals surface area contributed by atoms with Gasteiger partial charge in [0.2, 0.25) is 0 Å². The molecule has 0 saturated heterocycles. The van der Waals surface area contributed by atoms with Crippen molar-refractivity contribution < 1.29 is 0 Å². The van der Waals surface area contributed by atoms with E-state index in [0.717, 1.165) is 17.0 Å². The van der Waals surface area contributed by atoms with Crippen molar-refractivity contribution >= 4 is 43.1 Å². The summed E-state index contributed by atoms with van der Waals surface area (Å²) in [6.07, 6.45) is 3.79. The highest BCUT2D eigenvalue weighted by Crippen LogP contribution is 2.46. The highest BCUT2D eigenvalue weighted by Gasteiger charge is 2.19. The number of aromatic nitrogens is 2. The molecule has 2 aromatic heterocycles. The smallest absolute Gasteiger partial charge is 0.0886 e. The molecule has 0 aliphatic heterocycles. The van der Waals surface area contributed by atoms with E-state index in [4.69, 9.17) is 4.98 Å². The van der Waals surface area contributed by atoms with Crippen LogP contribution in [0.2, 0.25) is 0 Å². The molecule has 2 heterocycles. The zero-order chi connectivity index (χ0) is 26.5. The number of nitrogens with zero attached hydrogens (tertiary/aromatic N) is 2. The molecule has 0 bridgehead atoms. The van der Waals surface area contributed by atoms with E-state index in [1.165, 1.54) is 59.8 Å². The van der Waals surface area contributed by atoms with Crippen molar-refractivity contribution in [2.24, 2.45) is 0 Å². The van der Waals surface area contributed by atoms with E-state index in [0.29, 0.717) is 0 Å². The van der Waals surface area contributed by atoms with Crippen LogP contribution >= 0.6 is 0 Å². The van der Waals surface area contributed by atoms with Gasteiger partial charge in [0.1, 0.15) is 0 Å². The van der Waals surface area contributed by atoms with Crippen molar-refractivity contribution in [2.75, 3.05) is 0 Å². The van der Waals surface area contributed by atoms with Crippen molar-refractivity contribution in [3.8, 4) is 33.6 Å². The third-order valence-corrected chi connectivity index (χ3v) is 7.91. The maximum absolute atomic E-state index is 4.83. The summed E-state index contributed by atoms with van der Waals surface area (Å²) in [5.41, 5.74) is 6.56. The lowest BCUT2D eigenvalue weighted by molar-refractivity contribution is 1.25. The Kier molecular flexibility index (Phi) is 5.17. The molecule has 8 aromatic rings. The van der Waals surface area contributed by atoms with Gasteiger partial charge in [-0.25, -0.2) is 0 Å². The van der Waals surface area contributed by atoms with E-state index in [1.54, 1.807) is 0 Å². The topological polar surface area (TPSA) is 25.8 Å². The SMILES string of the molecule is c1ccc(-c2ccc(-c3cccc4cc5ccccc5c(-c5c6ccccc6cc6ccccc56)c34)cn2)nc1. The van der Waals surface area contributed by atoms with Crippen LogP contribution in [0.3, 0.4) is 0 Å². The molecule has 0 N–H and O–H groups in total. The summed E-state index contributed by atoms with van der Waals surface area (Å²) in [5.74, 6) is 0. The summed E-state index contributed by atoms with van der Waals surface area (Å²) >= 11 is 0. The zero-order valence-electron chi connectivity index (χ0n) is 21.8. The first kappa shape index (κ1) is 22.6. The molecule has 6 aromatic carbocycles. The molecule has 2 heteroatoms. The number of benzene rings is 6. The lowest BCUT2D eigenvalue weighted by atomic mass is 9.84. The van der Waals surface area contributed by atoms with Crippen LogP contribution in [0.4, 0.5) is 0 Å². The Morgan fingerprint density at radius 3 is 1.60 bits per heavy atom. The van der Waals surface area contributed by atoms with Gasteiger partial charge in [-0.05, 0) is 90.1 Å². The number of hydrogen-bond donors (Lipinski definition) is 0. The molecule has 40 heavy (non-hydrogen) atoms. The van der Waals surface area contributed by atoms with Gasteiger partial charge < -0.3 is 0 Å². The Balaban J connectivity index is 1.50. The maximum atomic E-state index is 4.83. The van der Waals surface area contributed by atoms with Gasteiger partial charge in [-0.15, -0.1) is 0 Å². The maximum Gasteiger partial charge on any atom is 0.0886 e. The van der Waals surface area contributed by atoms with Crippen LogP contribution < -0.4 is 0 Å². The molecule has 0 fully saturated rings. The van der Waals surface area contributed by atoms with Crippen LogP contribution in [0.5, 0.6) is 0 Å². The standard InChI is InChI=1S/C38H24N2/c1-4-14-30-25(10-1)22-26-11-2-5-15-31(26)37(30)38-32-16-6-3-12-27(32)23-28-13-9-17-33(36(28)38)29-19-20-35(40-24-29)34-18-7-8-21-39-34/h1-24H. The van der Waals surface area contributed by atoms with E-state index in [1.807, 2.05) is 30.6 Å². The van der Waals surface area contributed by atoms with Gasteiger partial charge >= 0.3 is 0 Å². The van der Waals surface area contributed by atoms with Crippen LogP contribution in [-0.4, -0.2) is 9.97 Å². The van der Waals surface area contributed by atoms with Crippen LogP contribution in [0.15, 0.2) is 146 Å². The molecule has 0 aliphatic rings. The van der Waals surface area contributed by atoms with Crippen LogP contribution in [0.1, 0.15) is 0 Å². The second kappa shape index (κ2) is 9.14. The minimum Gasteiger partial charge on any atom is -0.255 e. The molecule has 186 valence electrons. The van der Waals surface area contributed by atoms with Crippen molar-refractivity contribution in [3.63, 3.8) is 0 Å². The fourth-order valence-electron chi connectivity index (χ4n) is 6.12. The Hall–Kier alpha value is -5.34. The van der Waals surface area contributed by atoms with Gasteiger partial charge in [-0.3, -0.25) is 9.97 Å². The Morgan fingerprint density at radius 2 is 0.975 bits per heavy atom. The first-order valence-electron chi connectivity index (χ1n) is 13.6. The van der Waals surface area contributed by atoms with Crippen molar-refractivity contribution in [3.05, 3.63) is 146 Å². The predicted molar refractivity (Wildman–Crippen MR) is 168 cm³/mol. The quantitative estimate of drug-likeness (QED) is 0.222. The van der Waals surface area contributed by atoms with Crippen LogP contribution in [-0.2, 0) is 0 Å². The first-order chi connectivity index (χ1) is 19.8. The number of pyridine rings is 2. The highest BCUT2D eigenvalue weighted by atomic mass is 14.8. The Bertz CT molecular complexity index is 2140. The minimum atomic E-state index is 0.871. The van der Waals surface area contributed by atoms with Gasteiger partial charge in [-0.2, -0.15) is 0 Å². The first-order valence-corrected chi connectivity index (χ1v) is 13.6. The fraction of sp³-hybridized carbons (Fsp3) is 0. The molecular formula is C38H24N2. The minimum absolute atomic E-state index is 0.871. The summed E-state index contributed by atoms with van der Waals surface area (Å²) in [7, 11) is 0. The molecule has 0 unspecified atom stereocenters. The third kappa shape index (κ3) is 3.58. The zero-order valence-corrected chi connectivity index (χ0v) is 21.8. The summed E-state index contributed by atoms with van der Waals surface area (Å²) < 4.78 is 0. The van der Waals surface area contributed by atoms with Gasteiger partial charge in [0.05, 0.1) is 11.4 Å². The normalized spacial score (nSPS) is 11.5. The molecule has 0 spiro atoms. The summed E-state index contributed by atoms with van der Waals surface area (Å²) in [4.78, 5) is 9.32. The molecule has 0 atom stereocenters. The predicted octanol–water partition coefficient (Wildman–Crippen LogP) is 10.1. The van der Waals surface area contributed by atoms with Gasteiger partial charge in [0.15, 0.2) is 0 Å². The molecule has 0 saturated carbocycles. The molecule has 0 amide bonds. The van der Waals surface area contributed by atoms with E-state index in [2.05, 4.69) is 120 Å². The Labute approximate surface area is 232 Å². The molecular weight excluding hydrogens is 484 g/mol. The van der Waals surface area contributed by atoms with E-state index < -0.39 is 0 Å². The van der Waals surface area contributed by atoms with Crippen LogP contribution in [0.25, 0.3) is 76.7 Å². The monoisotopic (exact) mass is 508 g/mol. The third-order valence-electron chi connectivity index (χ3n) is 7.91. The lowest BCUT2D eigenvalue weighted by Gasteiger charge is -2.19. The van der Waals surface area contributed by atoms with Gasteiger partial charge in [0.25, 0.3) is 0 Å². The summed E-state index contributed by atoms with van der Waals surface area (Å²) in [5, 5.41) is 9.97. The average molecular weight is 509 g/mol. The van der Waals surface area contributed by atoms with E-state index in [9.17, 15) is 0 Å². The van der Waals surface area contributed by atoms with Gasteiger partial charge in [-0.1, -0.05) is 103 Å². The number of hydrogen-bond acceptors (Lipinski definition) is 2. The van der Waals surface area contributed by atoms with Gasteiger partial charge in [0, 0.05) is 18.0 Å².